The van der Waals surface area contributed by atoms with Crippen LogP contribution in [0.2, 0.25) is 0 Å². The lowest BCUT2D eigenvalue weighted by molar-refractivity contribution is -0.385. The van der Waals surface area contributed by atoms with E-state index in [0.717, 1.165) is 12.8 Å². The summed E-state index contributed by atoms with van der Waals surface area (Å²) in [6, 6.07) is 12.5. The number of hydrogen-bond acceptors (Lipinski definition) is 4. The normalized spacial score (nSPS) is 14.8. The number of carbonyl (C=O) groups is 1. The van der Waals surface area contributed by atoms with E-state index in [1.807, 2.05) is 12.1 Å². The van der Waals surface area contributed by atoms with Gasteiger partial charge in [-0.15, -0.1) is 0 Å². The molecule has 0 fully saturated rings. The number of benzene rings is 2. The van der Waals surface area contributed by atoms with E-state index in [4.69, 9.17) is 4.74 Å². The molecule has 1 aliphatic carbocycles. The smallest absolute Gasteiger partial charge is 0.272 e. The van der Waals surface area contributed by atoms with E-state index in [2.05, 4.69) is 17.4 Å². The molecule has 0 radical (unpaired) electrons. The first-order chi connectivity index (χ1) is 11.9. The van der Waals surface area contributed by atoms with Crippen molar-refractivity contribution in [3.63, 3.8) is 0 Å². The van der Waals surface area contributed by atoms with Crippen molar-refractivity contribution in [3.8, 4) is 0 Å². The number of ether oxygens (including phenoxy) is 1. The van der Waals surface area contributed by atoms with Crippen LogP contribution in [0.4, 0.5) is 5.69 Å². The van der Waals surface area contributed by atoms with Gasteiger partial charge in [-0.05, 0) is 30.2 Å². The topological polar surface area (TPSA) is 81.5 Å². The molecule has 0 spiro atoms. The van der Waals surface area contributed by atoms with E-state index < -0.39 is 10.5 Å². The molecule has 0 saturated heterocycles. The number of nitro benzene ring substituents is 1. The van der Waals surface area contributed by atoms with Gasteiger partial charge in [0.1, 0.15) is 0 Å². The quantitative estimate of drug-likeness (QED) is 0.670. The second-order valence-corrected chi connectivity index (χ2v) is 6.45. The summed E-state index contributed by atoms with van der Waals surface area (Å²) < 4.78 is 5.74. The maximum absolute atomic E-state index is 12.4. The molecule has 0 aromatic heterocycles. The summed E-state index contributed by atoms with van der Waals surface area (Å²) in [5.74, 6) is -0.259. The van der Waals surface area contributed by atoms with Crippen LogP contribution in [-0.4, -0.2) is 30.1 Å². The number of methoxy groups -OCH3 is 1. The minimum atomic E-state index is -0.452. The maximum atomic E-state index is 12.4. The maximum Gasteiger partial charge on any atom is 0.272 e. The van der Waals surface area contributed by atoms with Gasteiger partial charge in [0.15, 0.2) is 0 Å². The fraction of sp³-hybridized carbons (Fsp3) is 0.316. The van der Waals surface area contributed by atoms with Gasteiger partial charge in [-0.1, -0.05) is 24.3 Å². The van der Waals surface area contributed by atoms with E-state index in [9.17, 15) is 14.9 Å². The van der Waals surface area contributed by atoms with Crippen LogP contribution < -0.4 is 5.32 Å². The average molecular weight is 340 g/mol. The first kappa shape index (κ1) is 17.1. The van der Waals surface area contributed by atoms with Crippen LogP contribution in [0.1, 0.15) is 27.0 Å². The predicted molar refractivity (Wildman–Crippen MR) is 93.8 cm³/mol. The minimum Gasteiger partial charge on any atom is -0.376 e. The number of nitrogens with one attached hydrogen (secondary N) is 1. The summed E-state index contributed by atoms with van der Waals surface area (Å²) in [7, 11) is 1.66. The van der Waals surface area contributed by atoms with Crippen LogP contribution in [-0.2, 0) is 17.6 Å². The molecule has 6 nitrogen and oxygen atoms in total. The van der Waals surface area contributed by atoms with Crippen molar-refractivity contribution < 1.29 is 14.5 Å². The van der Waals surface area contributed by atoms with Crippen molar-refractivity contribution >= 4 is 11.6 Å². The highest BCUT2D eigenvalue weighted by Gasteiger charge is 2.37. The third kappa shape index (κ3) is 3.39. The van der Waals surface area contributed by atoms with Crippen LogP contribution in [0.5, 0.6) is 0 Å². The van der Waals surface area contributed by atoms with Crippen molar-refractivity contribution in [1.82, 2.24) is 5.32 Å². The number of carbonyl (C=O) groups excluding carboxylic acids is 1. The lowest BCUT2D eigenvalue weighted by atomic mass is 9.99. The van der Waals surface area contributed by atoms with Gasteiger partial charge in [0.05, 0.1) is 10.5 Å². The Morgan fingerprint density at radius 1 is 1.24 bits per heavy atom. The summed E-state index contributed by atoms with van der Waals surface area (Å²) in [6.07, 6.45) is 1.50. The Labute approximate surface area is 146 Å². The van der Waals surface area contributed by atoms with Crippen LogP contribution in [0.25, 0.3) is 0 Å². The van der Waals surface area contributed by atoms with E-state index >= 15 is 0 Å². The molecule has 0 atom stereocenters. The van der Waals surface area contributed by atoms with E-state index in [1.54, 1.807) is 14.0 Å². The molecule has 2 aromatic carbocycles. The van der Waals surface area contributed by atoms with E-state index in [-0.39, 0.29) is 11.6 Å². The zero-order valence-corrected chi connectivity index (χ0v) is 14.2. The summed E-state index contributed by atoms with van der Waals surface area (Å²) in [5, 5.41) is 13.8. The molecule has 3 rings (SSSR count). The first-order valence-corrected chi connectivity index (χ1v) is 8.09. The fourth-order valence-corrected chi connectivity index (χ4v) is 3.35. The molecule has 130 valence electrons. The van der Waals surface area contributed by atoms with Gasteiger partial charge in [0.25, 0.3) is 11.6 Å². The lowest BCUT2D eigenvalue weighted by Crippen LogP contribution is -2.45. The Balaban J connectivity index is 1.70. The molecule has 0 heterocycles. The Bertz CT molecular complexity index is 807. The molecule has 2 aromatic rings. The van der Waals surface area contributed by atoms with Gasteiger partial charge in [0.2, 0.25) is 0 Å². The standard InChI is InChI=1S/C19H20N2O4/c1-13-9-14(7-8-17(13)21(23)24)18(22)20-12-19(25-2)10-15-5-3-4-6-16(15)11-19/h3-9H,10-12H2,1-2H3,(H,20,22). The monoisotopic (exact) mass is 340 g/mol. The summed E-state index contributed by atoms with van der Waals surface area (Å²) in [4.78, 5) is 22.9. The van der Waals surface area contributed by atoms with Crippen LogP contribution in [0.15, 0.2) is 42.5 Å². The number of aryl methyl sites for hydroxylation is 1. The molecule has 1 aliphatic rings. The third-order valence-electron chi connectivity index (χ3n) is 4.80. The molecule has 1 N–H and O–H groups in total. The lowest BCUT2D eigenvalue weighted by Gasteiger charge is -2.27. The molecular formula is C19H20N2O4. The molecule has 0 bridgehead atoms. The Morgan fingerprint density at radius 2 is 1.88 bits per heavy atom. The minimum absolute atomic E-state index is 0.0103. The van der Waals surface area contributed by atoms with Gasteiger partial charge < -0.3 is 10.1 Å². The third-order valence-corrected chi connectivity index (χ3v) is 4.80. The zero-order chi connectivity index (χ0) is 18.0. The molecule has 25 heavy (non-hydrogen) atoms. The number of nitro groups is 1. The predicted octanol–water partition coefficient (Wildman–Crippen LogP) is 2.82. The molecule has 0 aliphatic heterocycles. The van der Waals surface area contributed by atoms with Gasteiger partial charge in [-0.25, -0.2) is 0 Å². The average Bonchev–Trinajstić information content (AvgIpc) is 2.98. The zero-order valence-electron chi connectivity index (χ0n) is 14.2. The van der Waals surface area contributed by atoms with Gasteiger partial charge >= 0.3 is 0 Å². The number of nitrogens with zero attached hydrogens (tertiary/aromatic N) is 1. The first-order valence-electron chi connectivity index (χ1n) is 8.09. The van der Waals surface area contributed by atoms with E-state index in [0.29, 0.717) is 17.7 Å². The van der Waals surface area contributed by atoms with Gasteiger partial charge in [-0.2, -0.15) is 0 Å². The fourth-order valence-electron chi connectivity index (χ4n) is 3.35. The molecule has 0 saturated carbocycles. The van der Waals surface area contributed by atoms with Crippen LogP contribution >= 0.6 is 0 Å². The number of hydrogen-bond donors (Lipinski definition) is 1. The van der Waals surface area contributed by atoms with Crippen molar-refractivity contribution in [3.05, 3.63) is 74.8 Å². The van der Waals surface area contributed by atoms with Gasteiger partial charge in [0, 0.05) is 43.7 Å². The van der Waals surface area contributed by atoms with Crippen LogP contribution in [0, 0.1) is 17.0 Å². The molecule has 6 heteroatoms. The highest BCUT2D eigenvalue weighted by atomic mass is 16.6. The summed E-state index contributed by atoms with van der Waals surface area (Å²) in [5.41, 5.74) is 2.91. The highest BCUT2D eigenvalue weighted by molar-refractivity contribution is 5.94. The van der Waals surface area contributed by atoms with E-state index in [1.165, 1.54) is 29.3 Å². The van der Waals surface area contributed by atoms with Crippen LogP contribution in [0.3, 0.4) is 0 Å². The summed E-state index contributed by atoms with van der Waals surface area (Å²) in [6.45, 7) is 2.01. The molecule has 0 unspecified atom stereocenters. The largest absolute Gasteiger partial charge is 0.376 e. The Hall–Kier alpha value is -2.73. The Kier molecular flexibility index (Phi) is 4.55. The number of rotatable bonds is 5. The summed E-state index contributed by atoms with van der Waals surface area (Å²) >= 11 is 0. The SMILES string of the molecule is COC1(CNC(=O)c2ccc([N+](=O)[O-])c(C)c2)Cc2ccccc2C1. The molecule has 1 amide bonds. The molecular weight excluding hydrogens is 320 g/mol. The van der Waals surface area contributed by atoms with Crippen molar-refractivity contribution in [1.29, 1.82) is 0 Å². The number of fused-ring (bicyclic) bond motifs is 1. The second-order valence-electron chi connectivity index (χ2n) is 6.45. The number of amides is 1. The van der Waals surface area contributed by atoms with Crippen molar-refractivity contribution in [2.75, 3.05) is 13.7 Å². The Morgan fingerprint density at radius 3 is 2.40 bits per heavy atom. The van der Waals surface area contributed by atoms with Crippen molar-refractivity contribution in [2.45, 2.75) is 25.4 Å². The second kappa shape index (κ2) is 6.64. The highest BCUT2D eigenvalue weighted by Crippen LogP contribution is 2.32. The van der Waals surface area contributed by atoms with Crippen molar-refractivity contribution in [2.24, 2.45) is 0 Å². The van der Waals surface area contributed by atoms with Gasteiger partial charge in [-0.3, -0.25) is 14.9 Å².